The molecule has 0 saturated carbocycles. The van der Waals surface area contributed by atoms with Crippen LogP contribution in [0, 0.1) is 0 Å². The van der Waals surface area contributed by atoms with Crippen LogP contribution < -0.4 is 14.4 Å². The molecular weight excluding hydrogens is 408 g/mol. The average molecular weight is 439 g/mol. The number of para-hydroxylation sites is 1. The van der Waals surface area contributed by atoms with E-state index in [-0.39, 0.29) is 6.04 Å². The van der Waals surface area contributed by atoms with E-state index in [1.807, 2.05) is 28.9 Å². The van der Waals surface area contributed by atoms with Crippen LogP contribution >= 0.6 is 0 Å². The number of benzene rings is 2. The molecule has 9 heteroatoms. The summed E-state index contributed by atoms with van der Waals surface area (Å²) >= 11 is 0. The molecular formula is C23H30N6O3. The van der Waals surface area contributed by atoms with E-state index in [1.165, 1.54) is 5.69 Å². The molecule has 0 unspecified atom stereocenters. The molecule has 0 N–H and O–H groups in total. The van der Waals surface area contributed by atoms with Gasteiger partial charge in [-0.3, -0.25) is 4.90 Å². The number of hydrogen-bond acceptors (Lipinski definition) is 8. The Bertz CT molecular complexity index is 988. The largest absolute Gasteiger partial charge is 0.497 e. The molecule has 0 amide bonds. The molecule has 0 spiro atoms. The number of anilines is 1. The van der Waals surface area contributed by atoms with Crippen LogP contribution in [0.2, 0.25) is 0 Å². The molecule has 9 nitrogen and oxygen atoms in total. The monoisotopic (exact) mass is 438 g/mol. The minimum atomic E-state index is -0.152. The summed E-state index contributed by atoms with van der Waals surface area (Å²) in [5.74, 6) is 2.28. The fourth-order valence-corrected chi connectivity index (χ4v) is 4.16. The van der Waals surface area contributed by atoms with Gasteiger partial charge in [-0.25, -0.2) is 4.68 Å². The van der Waals surface area contributed by atoms with Gasteiger partial charge >= 0.3 is 0 Å². The number of hydrogen-bond donors (Lipinski definition) is 0. The number of aromatic nitrogens is 4. The zero-order valence-corrected chi connectivity index (χ0v) is 18.8. The maximum atomic E-state index is 5.75. The van der Waals surface area contributed by atoms with Gasteiger partial charge in [-0.2, -0.15) is 0 Å². The Morgan fingerprint density at radius 3 is 2.41 bits per heavy atom. The molecule has 2 heterocycles. The summed E-state index contributed by atoms with van der Waals surface area (Å²) in [4.78, 5) is 4.82. The first-order valence-corrected chi connectivity index (χ1v) is 10.8. The quantitative estimate of drug-likeness (QED) is 0.504. The highest BCUT2D eigenvalue weighted by atomic mass is 16.5. The molecule has 1 saturated heterocycles. The molecule has 3 aromatic rings. The summed E-state index contributed by atoms with van der Waals surface area (Å²) in [6, 6.07) is 16.3. The summed E-state index contributed by atoms with van der Waals surface area (Å²) < 4.78 is 18.2. The maximum absolute atomic E-state index is 5.75. The van der Waals surface area contributed by atoms with Gasteiger partial charge in [-0.05, 0) is 34.7 Å². The Kier molecular flexibility index (Phi) is 7.18. The lowest BCUT2D eigenvalue weighted by Gasteiger charge is -2.40. The minimum Gasteiger partial charge on any atom is -0.497 e. The lowest BCUT2D eigenvalue weighted by atomic mass is 10.0. The van der Waals surface area contributed by atoms with E-state index in [0.29, 0.717) is 13.2 Å². The fourth-order valence-electron chi connectivity index (χ4n) is 4.16. The second kappa shape index (κ2) is 10.4. The highest BCUT2D eigenvalue weighted by molar-refractivity contribution is 5.47. The van der Waals surface area contributed by atoms with Gasteiger partial charge < -0.3 is 19.1 Å². The predicted octanol–water partition coefficient (Wildman–Crippen LogP) is 2.25. The van der Waals surface area contributed by atoms with Crippen LogP contribution in [-0.4, -0.2) is 79.2 Å². The van der Waals surface area contributed by atoms with Crippen molar-refractivity contribution >= 4 is 5.69 Å². The van der Waals surface area contributed by atoms with Gasteiger partial charge in [-0.1, -0.05) is 18.2 Å². The number of rotatable bonds is 9. The summed E-state index contributed by atoms with van der Waals surface area (Å²) in [6.07, 6.45) is 0. The Morgan fingerprint density at radius 2 is 1.72 bits per heavy atom. The third-order valence-corrected chi connectivity index (χ3v) is 5.85. The molecule has 170 valence electrons. The SMILES string of the molecule is COCCn1nnnc1[C@H](c1ccc(OC)cc1OC)N1CCN(c2ccccc2)CC1. The number of piperazine rings is 1. The topological polar surface area (TPSA) is 77.8 Å². The number of ether oxygens (including phenoxy) is 3. The molecule has 1 atom stereocenters. The predicted molar refractivity (Wildman–Crippen MR) is 121 cm³/mol. The van der Waals surface area contributed by atoms with Crippen molar-refractivity contribution in [2.24, 2.45) is 0 Å². The maximum Gasteiger partial charge on any atom is 0.173 e. The number of methoxy groups -OCH3 is 3. The van der Waals surface area contributed by atoms with Crippen molar-refractivity contribution in [1.29, 1.82) is 0 Å². The summed E-state index contributed by atoms with van der Waals surface area (Å²) in [5.41, 5.74) is 2.26. The minimum absolute atomic E-state index is 0.152. The lowest BCUT2D eigenvalue weighted by Crippen LogP contribution is -2.48. The van der Waals surface area contributed by atoms with E-state index in [1.54, 1.807) is 21.3 Å². The summed E-state index contributed by atoms with van der Waals surface area (Å²) in [6.45, 7) is 4.68. The van der Waals surface area contributed by atoms with Crippen LogP contribution in [0.3, 0.4) is 0 Å². The van der Waals surface area contributed by atoms with Gasteiger partial charge in [0, 0.05) is 50.6 Å². The van der Waals surface area contributed by atoms with E-state index in [9.17, 15) is 0 Å². The highest BCUT2D eigenvalue weighted by Gasteiger charge is 2.32. The third-order valence-electron chi connectivity index (χ3n) is 5.85. The zero-order chi connectivity index (χ0) is 22.3. The van der Waals surface area contributed by atoms with Crippen LogP contribution in [0.5, 0.6) is 11.5 Å². The zero-order valence-electron chi connectivity index (χ0n) is 18.8. The van der Waals surface area contributed by atoms with Crippen molar-refractivity contribution in [3.63, 3.8) is 0 Å². The van der Waals surface area contributed by atoms with Crippen LogP contribution in [0.4, 0.5) is 5.69 Å². The van der Waals surface area contributed by atoms with E-state index < -0.39 is 0 Å². The van der Waals surface area contributed by atoms with Crippen LogP contribution in [0.1, 0.15) is 17.4 Å². The molecule has 4 rings (SSSR count). The second-order valence-corrected chi connectivity index (χ2v) is 7.62. The van der Waals surface area contributed by atoms with Crippen LogP contribution in [0.15, 0.2) is 48.5 Å². The van der Waals surface area contributed by atoms with Crippen molar-refractivity contribution < 1.29 is 14.2 Å². The van der Waals surface area contributed by atoms with E-state index in [0.717, 1.165) is 49.1 Å². The normalized spacial score (nSPS) is 15.5. The molecule has 1 aliphatic heterocycles. The van der Waals surface area contributed by atoms with E-state index in [4.69, 9.17) is 14.2 Å². The van der Waals surface area contributed by atoms with Crippen molar-refractivity contribution in [2.45, 2.75) is 12.6 Å². The molecule has 0 radical (unpaired) electrons. The molecule has 32 heavy (non-hydrogen) atoms. The smallest absolute Gasteiger partial charge is 0.173 e. The molecule has 0 aliphatic carbocycles. The summed E-state index contributed by atoms with van der Waals surface area (Å²) in [5, 5.41) is 12.6. The van der Waals surface area contributed by atoms with E-state index >= 15 is 0 Å². The standard InChI is InChI=1S/C23H30N6O3/c1-30-16-15-29-23(24-25-26-29)22(20-10-9-19(31-2)17-21(20)32-3)28-13-11-27(12-14-28)18-7-5-4-6-8-18/h4-10,17,22H,11-16H2,1-3H3/t22-/m0/s1. The van der Waals surface area contributed by atoms with Gasteiger partial charge in [0.25, 0.3) is 0 Å². The first-order chi connectivity index (χ1) is 15.7. The molecule has 1 aromatic heterocycles. The van der Waals surface area contributed by atoms with Crippen molar-refractivity contribution in [1.82, 2.24) is 25.1 Å². The summed E-state index contributed by atoms with van der Waals surface area (Å²) in [7, 11) is 5.01. The first-order valence-electron chi connectivity index (χ1n) is 10.8. The first kappa shape index (κ1) is 22.0. The molecule has 2 aromatic carbocycles. The molecule has 1 aliphatic rings. The van der Waals surface area contributed by atoms with Gasteiger partial charge in [0.2, 0.25) is 0 Å². The Balaban J connectivity index is 1.66. The number of nitrogens with zero attached hydrogens (tertiary/aromatic N) is 6. The Labute approximate surface area is 188 Å². The Morgan fingerprint density at radius 1 is 0.938 bits per heavy atom. The van der Waals surface area contributed by atoms with Gasteiger partial charge in [0.15, 0.2) is 5.82 Å². The van der Waals surface area contributed by atoms with Gasteiger partial charge in [-0.15, -0.1) is 5.10 Å². The highest BCUT2D eigenvalue weighted by Crippen LogP contribution is 2.36. The Hall–Kier alpha value is -3.17. The fraction of sp³-hybridized carbons (Fsp3) is 0.435. The van der Waals surface area contributed by atoms with Crippen molar-refractivity contribution in [3.05, 3.63) is 59.9 Å². The van der Waals surface area contributed by atoms with Gasteiger partial charge in [0.05, 0.1) is 27.4 Å². The van der Waals surface area contributed by atoms with Crippen LogP contribution in [0.25, 0.3) is 0 Å². The number of tetrazole rings is 1. The second-order valence-electron chi connectivity index (χ2n) is 7.62. The molecule has 0 bridgehead atoms. The molecule has 1 fully saturated rings. The van der Waals surface area contributed by atoms with Crippen molar-refractivity contribution in [2.75, 3.05) is 59.0 Å². The lowest BCUT2D eigenvalue weighted by molar-refractivity contribution is 0.171. The van der Waals surface area contributed by atoms with E-state index in [2.05, 4.69) is 49.6 Å². The third kappa shape index (κ3) is 4.68. The van der Waals surface area contributed by atoms with Gasteiger partial charge in [0.1, 0.15) is 17.5 Å². The van der Waals surface area contributed by atoms with Crippen molar-refractivity contribution in [3.8, 4) is 11.5 Å². The van der Waals surface area contributed by atoms with Crippen LogP contribution in [-0.2, 0) is 11.3 Å². The average Bonchev–Trinajstić information content (AvgIpc) is 3.32.